The second-order valence-corrected chi connectivity index (χ2v) is 2.73. The maximum absolute atomic E-state index is 13.1. The van der Waals surface area contributed by atoms with Crippen molar-refractivity contribution in [1.82, 2.24) is 5.32 Å². The van der Waals surface area contributed by atoms with Crippen LogP contribution in [0.4, 0.5) is 8.78 Å². The summed E-state index contributed by atoms with van der Waals surface area (Å²) >= 11 is 0. The van der Waals surface area contributed by atoms with E-state index in [0.29, 0.717) is 6.07 Å². The third-order valence-corrected chi connectivity index (χ3v) is 1.81. The molecule has 3 nitrogen and oxygen atoms in total. The highest BCUT2D eigenvalue weighted by Gasteiger charge is 2.21. The Balaban J connectivity index is 3.10. The zero-order valence-corrected chi connectivity index (χ0v) is 7.42. The van der Waals surface area contributed by atoms with Gasteiger partial charge in [-0.3, -0.25) is 4.79 Å². The number of likely N-dealkylation sites (N-methyl/N-ethyl adjacent to an activating group) is 1. The maximum atomic E-state index is 13.1. The Morgan fingerprint density at radius 3 is 2.57 bits per heavy atom. The summed E-state index contributed by atoms with van der Waals surface area (Å²) in [5.41, 5.74) is -0.0820. The topological polar surface area (TPSA) is 49.3 Å². The Morgan fingerprint density at radius 1 is 1.50 bits per heavy atom. The number of hydrogen-bond donors (Lipinski definition) is 2. The number of nitrogens with one attached hydrogen (secondary N) is 1. The monoisotopic (exact) mass is 201 g/mol. The average molecular weight is 201 g/mol. The van der Waals surface area contributed by atoms with Crippen molar-refractivity contribution in [3.05, 3.63) is 35.4 Å². The Morgan fingerprint density at radius 2 is 2.14 bits per heavy atom. The average Bonchev–Trinajstić information content (AvgIpc) is 2.09. The van der Waals surface area contributed by atoms with Gasteiger partial charge in [-0.05, 0) is 13.1 Å². The lowest BCUT2D eigenvalue weighted by Crippen LogP contribution is -2.25. The molecule has 0 fully saturated rings. The number of carboxylic acid groups (broad SMARTS) is 1. The van der Waals surface area contributed by atoms with Crippen LogP contribution in [-0.2, 0) is 4.79 Å². The van der Waals surface area contributed by atoms with E-state index < -0.39 is 23.6 Å². The van der Waals surface area contributed by atoms with Gasteiger partial charge in [0, 0.05) is 11.6 Å². The molecule has 2 N–H and O–H groups in total. The van der Waals surface area contributed by atoms with E-state index in [4.69, 9.17) is 5.11 Å². The van der Waals surface area contributed by atoms with Crippen LogP contribution >= 0.6 is 0 Å². The SMILES string of the molecule is CNC(C(=O)O)c1ccc(F)cc1F. The van der Waals surface area contributed by atoms with Gasteiger partial charge in [0.05, 0.1) is 0 Å². The van der Waals surface area contributed by atoms with Crippen LogP contribution in [0, 0.1) is 11.6 Å². The summed E-state index contributed by atoms with van der Waals surface area (Å²) in [5, 5.41) is 11.1. The molecule has 0 aliphatic heterocycles. The van der Waals surface area contributed by atoms with Crippen LogP contribution < -0.4 is 5.32 Å². The quantitative estimate of drug-likeness (QED) is 0.775. The van der Waals surface area contributed by atoms with E-state index in [9.17, 15) is 13.6 Å². The standard InChI is InChI=1S/C9H9F2NO2/c1-12-8(9(13)14)6-3-2-5(10)4-7(6)11/h2-4,8,12H,1H3,(H,13,14). The molecular formula is C9H9F2NO2. The van der Waals surface area contributed by atoms with Crippen LogP contribution in [-0.4, -0.2) is 18.1 Å². The van der Waals surface area contributed by atoms with Gasteiger partial charge in [0.25, 0.3) is 0 Å². The van der Waals surface area contributed by atoms with Crippen LogP contribution in [0.1, 0.15) is 11.6 Å². The van der Waals surface area contributed by atoms with Crippen molar-refractivity contribution >= 4 is 5.97 Å². The minimum absolute atomic E-state index is 0.0820. The first kappa shape index (κ1) is 10.6. The molecule has 0 amide bonds. The number of hydrogen-bond acceptors (Lipinski definition) is 2. The normalized spacial score (nSPS) is 12.5. The van der Waals surface area contributed by atoms with E-state index in [1.54, 1.807) is 0 Å². The molecule has 76 valence electrons. The molecule has 1 rings (SSSR count). The largest absolute Gasteiger partial charge is 0.480 e. The maximum Gasteiger partial charge on any atom is 0.325 e. The summed E-state index contributed by atoms with van der Waals surface area (Å²) in [6, 6.07) is 1.63. The van der Waals surface area contributed by atoms with Crippen molar-refractivity contribution in [2.75, 3.05) is 7.05 Å². The first-order valence-corrected chi connectivity index (χ1v) is 3.91. The number of halogens is 2. The zero-order chi connectivity index (χ0) is 10.7. The molecule has 0 heterocycles. The molecule has 14 heavy (non-hydrogen) atoms. The van der Waals surface area contributed by atoms with Crippen LogP contribution in [0.25, 0.3) is 0 Å². The Kier molecular flexibility index (Phi) is 3.14. The molecule has 1 unspecified atom stereocenters. The summed E-state index contributed by atoms with van der Waals surface area (Å²) in [6.07, 6.45) is 0. The second kappa shape index (κ2) is 4.15. The Labute approximate surface area is 79.4 Å². The third kappa shape index (κ3) is 2.05. The van der Waals surface area contributed by atoms with Crippen LogP contribution in [0.15, 0.2) is 18.2 Å². The molecule has 0 radical (unpaired) electrons. The highest BCUT2D eigenvalue weighted by Crippen LogP contribution is 2.17. The number of carboxylic acids is 1. The fraction of sp³-hybridized carbons (Fsp3) is 0.222. The molecule has 5 heteroatoms. The molecule has 0 bridgehead atoms. The van der Waals surface area contributed by atoms with Gasteiger partial charge in [-0.15, -0.1) is 0 Å². The molecule has 0 spiro atoms. The van der Waals surface area contributed by atoms with Crippen LogP contribution in [0.2, 0.25) is 0 Å². The molecule has 1 aromatic carbocycles. The summed E-state index contributed by atoms with van der Waals surface area (Å²) < 4.78 is 25.6. The molecule has 0 saturated heterocycles. The van der Waals surface area contributed by atoms with Crippen molar-refractivity contribution in [2.24, 2.45) is 0 Å². The van der Waals surface area contributed by atoms with Crippen molar-refractivity contribution in [3.63, 3.8) is 0 Å². The number of carbonyl (C=O) groups is 1. The van der Waals surface area contributed by atoms with Gasteiger partial charge < -0.3 is 10.4 Å². The lowest BCUT2D eigenvalue weighted by Gasteiger charge is -2.11. The smallest absolute Gasteiger partial charge is 0.325 e. The molecule has 0 saturated carbocycles. The van der Waals surface area contributed by atoms with Gasteiger partial charge in [0.15, 0.2) is 0 Å². The van der Waals surface area contributed by atoms with E-state index in [2.05, 4.69) is 5.32 Å². The van der Waals surface area contributed by atoms with E-state index in [0.717, 1.165) is 12.1 Å². The summed E-state index contributed by atoms with van der Waals surface area (Å²) in [4.78, 5) is 10.6. The molecule has 0 aliphatic rings. The third-order valence-electron chi connectivity index (χ3n) is 1.81. The highest BCUT2D eigenvalue weighted by atomic mass is 19.1. The lowest BCUT2D eigenvalue weighted by atomic mass is 10.1. The minimum Gasteiger partial charge on any atom is -0.480 e. The van der Waals surface area contributed by atoms with E-state index in [-0.39, 0.29) is 5.56 Å². The number of benzene rings is 1. The first-order valence-electron chi connectivity index (χ1n) is 3.91. The van der Waals surface area contributed by atoms with Crippen molar-refractivity contribution in [1.29, 1.82) is 0 Å². The van der Waals surface area contributed by atoms with E-state index >= 15 is 0 Å². The van der Waals surface area contributed by atoms with Crippen molar-refractivity contribution in [2.45, 2.75) is 6.04 Å². The summed E-state index contributed by atoms with van der Waals surface area (Å²) in [6.45, 7) is 0. The number of rotatable bonds is 3. The minimum atomic E-state index is -1.21. The van der Waals surface area contributed by atoms with Gasteiger partial charge in [-0.2, -0.15) is 0 Å². The molecule has 1 atom stereocenters. The first-order chi connectivity index (χ1) is 6.56. The van der Waals surface area contributed by atoms with E-state index in [1.165, 1.54) is 7.05 Å². The van der Waals surface area contributed by atoms with Crippen molar-refractivity contribution < 1.29 is 18.7 Å². The van der Waals surface area contributed by atoms with Crippen LogP contribution in [0.5, 0.6) is 0 Å². The number of aliphatic carboxylic acids is 1. The van der Waals surface area contributed by atoms with Gasteiger partial charge in [0.1, 0.15) is 17.7 Å². The van der Waals surface area contributed by atoms with Gasteiger partial charge in [0.2, 0.25) is 0 Å². The molecule has 0 aromatic heterocycles. The highest BCUT2D eigenvalue weighted by molar-refractivity contribution is 5.75. The van der Waals surface area contributed by atoms with Crippen molar-refractivity contribution in [3.8, 4) is 0 Å². The second-order valence-electron chi connectivity index (χ2n) is 2.73. The van der Waals surface area contributed by atoms with Crippen LogP contribution in [0.3, 0.4) is 0 Å². The fourth-order valence-electron chi connectivity index (χ4n) is 1.15. The molecular weight excluding hydrogens is 192 g/mol. The zero-order valence-electron chi connectivity index (χ0n) is 7.42. The summed E-state index contributed by atoms with van der Waals surface area (Å²) in [7, 11) is 1.39. The predicted molar refractivity (Wildman–Crippen MR) is 45.8 cm³/mol. The predicted octanol–water partition coefficient (Wildman–Crippen LogP) is 1.31. The Hall–Kier alpha value is -1.49. The molecule has 1 aromatic rings. The van der Waals surface area contributed by atoms with Gasteiger partial charge in [-0.25, -0.2) is 8.78 Å². The fourth-order valence-corrected chi connectivity index (χ4v) is 1.15. The summed E-state index contributed by atoms with van der Waals surface area (Å²) in [5.74, 6) is -2.81. The Bertz CT molecular complexity index is 355. The van der Waals surface area contributed by atoms with Gasteiger partial charge in [-0.1, -0.05) is 6.07 Å². The van der Waals surface area contributed by atoms with Gasteiger partial charge >= 0.3 is 5.97 Å². The van der Waals surface area contributed by atoms with E-state index in [1.807, 2.05) is 0 Å². The lowest BCUT2D eigenvalue weighted by molar-refractivity contribution is -0.139. The molecule has 0 aliphatic carbocycles.